The number of esters is 3. The molecule has 1 aromatic rings. The Labute approximate surface area is 212 Å². The molecule has 1 aromatic carbocycles. The highest BCUT2D eigenvalue weighted by Gasteiger charge is 2.24. The van der Waals surface area contributed by atoms with Gasteiger partial charge in [-0.05, 0) is 51.3 Å². The standard InChI is InChI=1S/C26H39NO9/c1-9-26(7,8)36-25(31)32-14-17(6)33-24(30)19(27)12-18-10-11-20(34-22(28)15(2)3)21(13-18)35-23(29)16(4)5/h10-11,13,15-17,19H,9,12,14,27H2,1-8H3/t17-,19-/m0/s1. The van der Waals surface area contributed by atoms with Crippen LogP contribution in [-0.4, -0.2) is 48.4 Å². The predicted octanol–water partition coefficient (Wildman–Crippen LogP) is 3.95. The van der Waals surface area contributed by atoms with Crippen molar-refractivity contribution in [2.45, 2.75) is 86.0 Å². The van der Waals surface area contributed by atoms with Gasteiger partial charge in [0.1, 0.15) is 24.4 Å². The van der Waals surface area contributed by atoms with E-state index in [4.69, 9.17) is 29.4 Å². The molecular weight excluding hydrogens is 470 g/mol. The number of hydrogen-bond donors (Lipinski definition) is 1. The van der Waals surface area contributed by atoms with E-state index < -0.39 is 47.7 Å². The Morgan fingerprint density at radius 2 is 1.44 bits per heavy atom. The molecule has 36 heavy (non-hydrogen) atoms. The Morgan fingerprint density at radius 3 is 1.97 bits per heavy atom. The molecule has 0 radical (unpaired) electrons. The Morgan fingerprint density at radius 1 is 0.889 bits per heavy atom. The fourth-order valence-corrected chi connectivity index (χ4v) is 2.47. The lowest BCUT2D eigenvalue weighted by molar-refractivity contribution is -0.152. The van der Waals surface area contributed by atoms with Gasteiger partial charge in [-0.2, -0.15) is 0 Å². The molecule has 0 aliphatic rings. The summed E-state index contributed by atoms with van der Waals surface area (Å²) >= 11 is 0. The number of benzene rings is 1. The molecule has 0 amide bonds. The zero-order valence-electron chi connectivity index (χ0n) is 22.4. The Kier molecular flexibility index (Phi) is 11.9. The highest BCUT2D eigenvalue weighted by atomic mass is 16.7. The normalized spacial score (nSPS) is 13.1. The molecule has 2 atom stereocenters. The van der Waals surface area contributed by atoms with Crippen molar-refractivity contribution >= 4 is 24.1 Å². The highest BCUT2D eigenvalue weighted by molar-refractivity contribution is 5.78. The first-order valence-corrected chi connectivity index (χ1v) is 12.0. The fraction of sp³-hybridized carbons (Fsp3) is 0.615. The van der Waals surface area contributed by atoms with Crippen LogP contribution >= 0.6 is 0 Å². The maximum atomic E-state index is 12.4. The molecule has 0 unspecified atom stereocenters. The molecule has 0 bridgehead atoms. The van der Waals surface area contributed by atoms with E-state index in [0.29, 0.717) is 12.0 Å². The van der Waals surface area contributed by atoms with Crippen molar-refractivity contribution in [1.29, 1.82) is 0 Å². The van der Waals surface area contributed by atoms with Crippen molar-refractivity contribution in [1.82, 2.24) is 0 Å². The summed E-state index contributed by atoms with van der Waals surface area (Å²) in [5.74, 6) is -2.34. The Balaban J connectivity index is 2.81. The Bertz CT molecular complexity index is 924. The number of hydrogen-bond acceptors (Lipinski definition) is 10. The first-order valence-electron chi connectivity index (χ1n) is 12.0. The largest absolute Gasteiger partial charge is 0.508 e. The second-order valence-electron chi connectivity index (χ2n) is 9.77. The van der Waals surface area contributed by atoms with Crippen LogP contribution in [0, 0.1) is 11.8 Å². The highest BCUT2D eigenvalue weighted by Crippen LogP contribution is 2.30. The summed E-state index contributed by atoms with van der Waals surface area (Å²) in [6.45, 7) is 13.5. The zero-order valence-corrected chi connectivity index (χ0v) is 22.4. The molecule has 202 valence electrons. The molecule has 0 heterocycles. The van der Waals surface area contributed by atoms with Gasteiger partial charge in [0.15, 0.2) is 11.5 Å². The second-order valence-corrected chi connectivity index (χ2v) is 9.77. The number of rotatable bonds is 12. The van der Waals surface area contributed by atoms with Crippen LogP contribution in [0.4, 0.5) is 4.79 Å². The molecule has 0 saturated heterocycles. The van der Waals surface area contributed by atoms with Crippen molar-refractivity contribution in [3.63, 3.8) is 0 Å². The molecule has 0 saturated carbocycles. The van der Waals surface area contributed by atoms with Crippen molar-refractivity contribution in [2.24, 2.45) is 17.6 Å². The number of ether oxygens (including phenoxy) is 5. The maximum absolute atomic E-state index is 12.4. The third-order valence-electron chi connectivity index (χ3n) is 5.09. The molecule has 10 heteroatoms. The van der Waals surface area contributed by atoms with Crippen molar-refractivity contribution in [3.8, 4) is 11.5 Å². The van der Waals surface area contributed by atoms with Crippen LogP contribution in [0.1, 0.15) is 67.4 Å². The molecule has 2 N–H and O–H groups in total. The predicted molar refractivity (Wildman–Crippen MR) is 131 cm³/mol. The van der Waals surface area contributed by atoms with E-state index in [0.717, 1.165) is 0 Å². The Hall–Kier alpha value is -3.14. The van der Waals surface area contributed by atoms with E-state index in [1.165, 1.54) is 12.1 Å². The average Bonchev–Trinajstić information content (AvgIpc) is 2.78. The van der Waals surface area contributed by atoms with Gasteiger partial charge in [0, 0.05) is 0 Å². The lowest BCUT2D eigenvalue weighted by atomic mass is 10.1. The van der Waals surface area contributed by atoms with Gasteiger partial charge in [-0.25, -0.2) is 4.79 Å². The van der Waals surface area contributed by atoms with Crippen LogP contribution in [0.2, 0.25) is 0 Å². The summed E-state index contributed by atoms with van der Waals surface area (Å²) in [6, 6.07) is 3.54. The van der Waals surface area contributed by atoms with Crippen molar-refractivity contribution in [2.75, 3.05) is 6.61 Å². The molecule has 0 aliphatic heterocycles. The molecule has 0 spiro atoms. The second kappa shape index (κ2) is 13.8. The summed E-state index contributed by atoms with van der Waals surface area (Å²) in [5.41, 5.74) is 5.91. The minimum atomic E-state index is -1.05. The van der Waals surface area contributed by atoms with Gasteiger partial charge in [0.05, 0.1) is 11.8 Å². The van der Waals surface area contributed by atoms with E-state index >= 15 is 0 Å². The third kappa shape index (κ3) is 10.6. The van der Waals surface area contributed by atoms with Crippen LogP contribution < -0.4 is 15.2 Å². The first kappa shape index (κ1) is 30.9. The van der Waals surface area contributed by atoms with Crippen LogP contribution in [0.25, 0.3) is 0 Å². The smallest absolute Gasteiger partial charge is 0.458 e. The molecule has 0 aliphatic carbocycles. The van der Waals surface area contributed by atoms with Gasteiger partial charge in [-0.15, -0.1) is 0 Å². The zero-order chi connectivity index (χ0) is 27.6. The number of carbonyl (C=O) groups excluding carboxylic acids is 4. The number of carbonyl (C=O) groups is 4. The molecule has 1 rings (SSSR count). The maximum Gasteiger partial charge on any atom is 0.508 e. The quantitative estimate of drug-likeness (QED) is 0.325. The van der Waals surface area contributed by atoms with Crippen molar-refractivity contribution in [3.05, 3.63) is 23.8 Å². The van der Waals surface area contributed by atoms with Gasteiger partial charge in [-0.3, -0.25) is 14.4 Å². The monoisotopic (exact) mass is 509 g/mol. The molecule has 0 aromatic heterocycles. The SMILES string of the molecule is CCC(C)(C)OC(=O)OC[C@H](C)OC(=O)[C@@H](N)Cc1ccc(OC(=O)C(C)C)c(OC(=O)C(C)C)c1. The van der Waals surface area contributed by atoms with Crippen LogP contribution in [-0.2, 0) is 35.0 Å². The van der Waals surface area contributed by atoms with E-state index in [1.54, 1.807) is 54.5 Å². The van der Waals surface area contributed by atoms with Crippen LogP contribution in [0.15, 0.2) is 18.2 Å². The van der Waals surface area contributed by atoms with E-state index in [1.807, 2.05) is 6.92 Å². The summed E-state index contributed by atoms with van der Waals surface area (Å²) in [6.07, 6.45) is -0.929. The van der Waals surface area contributed by atoms with Crippen LogP contribution in [0.3, 0.4) is 0 Å². The molecule has 0 fully saturated rings. The van der Waals surface area contributed by atoms with Gasteiger partial charge in [-0.1, -0.05) is 40.7 Å². The summed E-state index contributed by atoms with van der Waals surface area (Å²) in [5, 5.41) is 0. The summed E-state index contributed by atoms with van der Waals surface area (Å²) < 4.78 is 26.2. The van der Waals surface area contributed by atoms with Gasteiger partial charge >= 0.3 is 24.1 Å². The van der Waals surface area contributed by atoms with Gasteiger partial charge in [0.25, 0.3) is 0 Å². The fourth-order valence-electron chi connectivity index (χ4n) is 2.47. The molecular formula is C26H39NO9. The minimum absolute atomic E-state index is 0.0519. The first-order chi connectivity index (χ1) is 16.6. The lowest BCUT2D eigenvalue weighted by Gasteiger charge is -2.23. The minimum Gasteiger partial charge on any atom is -0.458 e. The van der Waals surface area contributed by atoms with E-state index in [9.17, 15) is 19.2 Å². The topological polar surface area (TPSA) is 140 Å². The molecule has 10 nitrogen and oxygen atoms in total. The van der Waals surface area contributed by atoms with Gasteiger partial charge < -0.3 is 29.4 Å². The van der Waals surface area contributed by atoms with Gasteiger partial charge in [0.2, 0.25) is 0 Å². The van der Waals surface area contributed by atoms with Crippen molar-refractivity contribution < 1.29 is 42.9 Å². The average molecular weight is 510 g/mol. The summed E-state index contributed by atoms with van der Waals surface area (Å²) in [7, 11) is 0. The third-order valence-corrected chi connectivity index (χ3v) is 5.09. The van der Waals surface area contributed by atoms with E-state index in [-0.39, 0.29) is 30.4 Å². The van der Waals surface area contributed by atoms with E-state index in [2.05, 4.69) is 0 Å². The summed E-state index contributed by atoms with van der Waals surface area (Å²) in [4.78, 5) is 48.4. The number of nitrogens with two attached hydrogens (primary N) is 1. The van der Waals surface area contributed by atoms with Crippen LogP contribution in [0.5, 0.6) is 11.5 Å². The lowest BCUT2D eigenvalue weighted by Crippen LogP contribution is -2.37.